The van der Waals surface area contributed by atoms with E-state index in [0.29, 0.717) is 29.2 Å². The Balaban J connectivity index is 1.85. The molecule has 148 valence electrons. The number of primary amides is 1. The van der Waals surface area contributed by atoms with Crippen molar-refractivity contribution in [3.8, 4) is 0 Å². The lowest BCUT2D eigenvalue weighted by Crippen LogP contribution is -2.53. The Hall–Kier alpha value is -2.45. The molecule has 1 aromatic carbocycles. The molecule has 0 saturated carbocycles. The maximum absolute atomic E-state index is 13.3. The summed E-state index contributed by atoms with van der Waals surface area (Å²) in [6, 6.07) is 4.22. The zero-order valence-corrected chi connectivity index (χ0v) is 16.1. The summed E-state index contributed by atoms with van der Waals surface area (Å²) < 4.78 is 0. The first-order valence-electron chi connectivity index (χ1n) is 9.34. The van der Waals surface area contributed by atoms with E-state index in [-0.39, 0.29) is 12.3 Å². The zero-order chi connectivity index (χ0) is 20.2. The van der Waals surface area contributed by atoms with Crippen molar-refractivity contribution in [1.82, 2.24) is 10.2 Å². The normalized spacial score (nSPS) is 30.7. The Labute approximate surface area is 166 Å². The molecular formula is C19H21ClN4O4. The van der Waals surface area contributed by atoms with E-state index in [1.165, 1.54) is 4.90 Å². The Morgan fingerprint density at radius 1 is 1.29 bits per heavy atom. The van der Waals surface area contributed by atoms with Gasteiger partial charge in [-0.3, -0.25) is 29.4 Å². The van der Waals surface area contributed by atoms with Gasteiger partial charge in [-0.05, 0) is 24.6 Å². The van der Waals surface area contributed by atoms with Gasteiger partial charge in [0.1, 0.15) is 5.54 Å². The van der Waals surface area contributed by atoms with Crippen molar-refractivity contribution in [2.45, 2.75) is 37.8 Å². The minimum Gasteiger partial charge on any atom is -0.370 e. The van der Waals surface area contributed by atoms with Crippen LogP contribution in [0.1, 0.15) is 31.7 Å². The number of carbonyl (C=O) groups is 4. The SMILES string of the molecule is CCCCN1C(=O)[C@H]2[C@@H](C1=O)[C@]1(N[C@@H]2CC(N)=O)C(=O)Nc2ccc(Cl)cc21. The third-order valence-electron chi connectivity index (χ3n) is 5.92. The number of nitrogens with two attached hydrogens (primary N) is 1. The Morgan fingerprint density at radius 2 is 2.04 bits per heavy atom. The minimum absolute atomic E-state index is 0.146. The third-order valence-corrected chi connectivity index (χ3v) is 6.16. The van der Waals surface area contributed by atoms with Crippen LogP contribution in [0.25, 0.3) is 0 Å². The molecule has 0 aromatic heterocycles. The van der Waals surface area contributed by atoms with Crippen LogP contribution in [0.15, 0.2) is 18.2 Å². The van der Waals surface area contributed by atoms with Gasteiger partial charge in [0.2, 0.25) is 23.6 Å². The summed E-state index contributed by atoms with van der Waals surface area (Å²) in [5.41, 5.74) is 4.99. The molecule has 1 spiro atoms. The van der Waals surface area contributed by atoms with Crippen molar-refractivity contribution in [2.24, 2.45) is 17.6 Å². The molecule has 8 nitrogen and oxygen atoms in total. The van der Waals surface area contributed by atoms with Crippen molar-refractivity contribution in [1.29, 1.82) is 0 Å². The third kappa shape index (κ3) is 2.48. The van der Waals surface area contributed by atoms with E-state index in [4.69, 9.17) is 17.3 Å². The highest BCUT2D eigenvalue weighted by Gasteiger charge is 2.70. The summed E-state index contributed by atoms with van der Waals surface area (Å²) in [5.74, 6) is -3.56. The summed E-state index contributed by atoms with van der Waals surface area (Å²) >= 11 is 6.16. The molecule has 4 amide bonds. The highest BCUT2D eigenvalue weighted by Crippen LogP contribution is 2.53. The number of halogens is 1. The maximum atomic E-state index is 13.3. The second-order valence-electron chi connectivity index (χ2n) is 7.56. The topological polar surface area (TPSA) is 122 Å². The lowest BCUT2D eigenvalue weighted by Gasteiger charge is -2.29. The first-order valence-corrected chi connectivity index (χ1v) is 9.71. The van der Waals surface area contributed by atoms with Gasteiger partial charge >= 0.3 is 0 Å². The van der Waals surface area contributed by atoms with Crippen molar-refractivity contribution < 1.29 is 19.2 Å². The average molecular weight is 405 g/mol. The molecule has 0 radical (unpaired) electrons. The molecule has 0 bridgehead atoms. The molecule has 2 saturated heterocycles. The predicted molar refractivity (Wildman–Crippen MR) is 101 cm³/mol. The van der Waals surface area contributed by atoms with Gasteiger partial charge in [-0.2, -0.15) is 0 Å². The van der Waals surface area contributed by atoms with Gasteiger partial charge in [-0.15, -0.1) is 0 Å². The van der Waals surface area contributed by atoms with Gasteiger partial charge < -0.3 is 11.1 Å². The molecular weight excluding hydrogens is 384 g/mol. The smallest absolute Gasteiger partial charge is 0.250 e. The molecule has 2 fully saturated rings. The highest BCUT2D eigenvalue weighted by molar-refractivity contribution is 6.31. The summed E-state index contributed by atoms with van der Waals surface area (Å²) in [7, 11) is 0. The molecule has 1 aromatic rings. The molecule has 3 heterocycles. The number of fused-ring (bicyclic) bond motifs is 4. The molecule has 9 heteroatoms. The van der Waals surface area contributed by atoms with Gasteiger partial charge in [0.15, 0.2) is 0 Å². The largest absolute Gasteiger partial charge is 0.370 e. The van der Waals surface area contributed by atoms with Crippen LogP contribution in [-0.2, 0) is 24.7 Å². The molecule has 28 heavy (non-hydrogen) atoms. The van der Waals surface area contributed by atoms with Crippen molar-refractivity contribution in [2.75, 3.05) is 11.9 Å². The lowest BCUT2D eigenvalue weighted by atomic mass is 9.76. The van der Waals surface area contributed by atoms with E-state index < -0.39 is 41.1 Å². The second-order valence-corrected chi connectivity index (χ2v) is 7.99. The number of unbranched alkanes of at least 4 members (excludes halogenated alkanes) is 1. The zero-order valence-electron chi connectivity index (χ0n) is 15.3. The van der Waals surface area contributed by atoms with Gasteiger partial charge in [0, 0.05) is 35.3 Å². The quantitative estimate of drug-likeness (QED) is 0.625. The predicted octanol–water partition coefficient (Wildman–Crippen LogP) is 0.736. The monoisotopic (exact) mass is 404 g/mol. The number of likely N-dealkylation sites (tertiary alicyclic amines) is 1. The Kier molecular flexibility index (Phi) is 4.43. The number of hydrogen-bond acceptors (Lipinski definition) is 5. The standard InChI is InChI=1S/C19H21ClN4O4/c1-2-3-6-24-16(26)14-12(8-13(21)25)23-19(15(14)17(24)27)10-7-9(20)4-5-11(10)22-18(19)28/h4-5,7,12,14-15,23H,2-3,6,8H2,1H3,(H2,21,25)(H,22,28)/t12-,14-,15+,19+/m1/s1. The van der Waals surface area contributed by atoms with Crippen molar-refractivity contribution in [3.63, 3.8) is 0 Å². The second kappa shape index (κ2) is 6.56. The van der Waals surface area contributed by atoms with Crippen molar-refractivity contribution >= 4 is 40.9 Å². The molecule has 0 aliphatic carbocycles. The fourth-order valence-corrected chi connectivity index (χ4v) is 4.93. The number of imide groups is 1. The average Bonchev–Trinajstić information content (AvgIpc) is 3.19. The molecule has 4 rings (SSSR count). The number of benzene rings is 1. The fourth-order valence-electron chi connectivity index (χ4n) is 4.76. The summed E-state index contributed by atoms with van der Waals surface area (Å²) in [6.07, 6.45) is 1.35. The number of nitrogens with zero attached hydrogens (tertiary/aromatic N) is 1. The van der Waals surface area contributed by atoms with Crippen LogP contribution in [-0.4, -0.2) is 41.1 Å². The fraction of sp³-hybridized carbons (Fsp3) is 0.474. The molecule has 4 N–H and O–H groups in total. The molecule has 3 aliphatic heterocycles. The number of anilines is 1. The Morgan fingerprint density at radius 3 is 2.71 bits per heavy atom. The maximum Gasteiger partial charge on any atom is 0.250 e. The van der Waals surface area contributed by atoms with Gasteiger partial charge in [0.05, 0.1) is 11.8 Å². The van der Waals surface area contributed by atoms with Crippen LogP contribution < -0.4 is 16.4 Å². The number of amides is 4. The number of nitrogens with one attached hydrogen (secondary N) is 2. The molecule has 3 aliphatic rings. The van der Waals surface area contributed by atoms with Gasteiger partial charge in [0.25, 0.3) is 0 Å². The van der Waals surface area contributed by atoms with E-state index in [2.05, 4.69) is 10.6 Å². The van der Waals surface area contributed by atoms with Crippen LogP contribution in [0.3, 0.4) is 0 Å². The molecule has 0 unspecified atom stereocenters. The van der Waals surface area contributed by atoms with Gasteiger partial charge in [-0.25, -0.2) is 0 Å². The van der Waals surface area contributed by atoms with E-state index in [0.717, 1.165) is 6.42 Å². The molecule has 4 atom stereocenters. The van der Waals surface area contributed by atoms with Crippen LogP contribution >= 0.6 is 11.6 Å². The van der Waals surface area contributed by atoms with E-state index in [9.17, 15) is 19.2 Å². The van der Waals surface area contributed by atoms with Crippen molar-refractivity contribution in [3.05, 3.63) is 28.8 Å². The van der Waals surface area contributed by atoms with E-state index in [1.807, 2.05) is 6.92 Å². The number of carbonyl (C=O) groups excluding carboxylic acids is 4. The lowest BCUT2D eigenvalue weighted by molar-refractivity contribution is -0.142. The van der Waals surface area contributed by atoms with Crippen LogP contribution in [0, 0.1) is 11.8 Å². The number of hydrogen-bond donors (Lipinski definition) is 3. The van der Waals surface area contributed by atoms with Crippen LogP contribution in [0.2, 0.25) is 5.02 Å². The minimum atomic E-state index is -1.45. The Bertz CT molecular complexity index is 904. The van der Waals surface area contributed by atoms with E-state index >= 15 is 0 Å². The number of rotatable bonds is 5. The summed E-state index contributed by atoms with van der Waals surface area (Å²) in [4.78, 5) is 52.3. The first kappa shape index (κ1) is 18.9. The van der Waals surface area contributed by atoms with Crippen LogP contribution in [0.4, 0.5) is 5.69 Å². The van der Waals surface area contributed by atoms with Crippen LogP contribution in [0.5, 0.6) is 0 Å². The summed E-state index contributed by atoms with van der Waals surface area (Å²) in [5, 5.41) is 6.32. The first-order chi connectivity index (χ1) is 13.3. The summed E-state index contributed by atoms with van der Waals surface area (Å²) in [6.45, 7) is 2.26. The van der Waals surface area contributed by atoms with Gasteiger partial charge in [-0.1, -0.05) is 24.9 Å². The van der Waals surface area contributed by atoms with E-state index in [1.54, 1.807) is 18.2 Å². The highest BCUT2D eigenvalue weighted by atomic mass is 35.5.